The number of rotatable bonds is 1. The van der Waals surface area contributed by atoms with E-state index in [1.54, 1.807) is 0 Å². The standard InChI is InChI=1S/C8H13NS/c1-7-4-2-3-5-8(7)9-6-10/h7-8H,2-5H2,1H3/t7-,8+/m0/s1. The maximum Gasteiger partial charge on any atom is 0.0628 e. The van der Waals surface area contributed by atoms with Gasteiger partial charge in [0.05, 0.1) is 11.2 Å². The maximum absolute atomic E-state index is 4.57. The highest BCUT2D eigenvalue weighted by Crippen LogP contribution is 2.25. The molecule has 0 heterocycles. The minimum absolute atomic E-state index is 0.478. The number of aliphatic imine (C=N–C) groups is 1. The normalized spacial score (nSPS) is 32.9. The number of hydrogen-bond acceptors (Lipinski definition) is 2. The highest BCUT2D eigenvalue weighted by Gasteiger charge is 2.19. The first kappa shape index (κ1) is 7.90. The number of nitrogens with zero attached hydrogens (tertiary/aromatic N) is 1. The van der Waals surface area contributed by atoms with E-state index in [9.17, 15) is 0 Å². The third kappa shape index (κ3) is 1.89. The Balaban J connectivity index is 2.47. The van der Waals surface area contributed by atoms with Gasteiger partial charge >= 0.3 is 0 Å². The molecule has 1 saturated carbocycles. The fourth-order valence-corrected chi connectivity index (χ4v) is 1.69. The Morgan fingerprint density at radius 3 is 2.70 bits per heavy atom. The topological polar surface area (TPSA) is 12.4 Å². The summed E-state index contributed by atoms with van der Waals surface area (Å²) < 4.78 is 0. The molecule has 0 spiro atoms. The van der Waals surface area contributed by atoms with Crippen LogP contribution in [0.4, 0.5) is 0 Å². The Morgan fingerprint density at radius 1 is 1.40 bits per heavy atom. The molecule has 0 aliphatic heterocycles. The molecule has 10 heavy (non-hydrogen) atoms. The van der Waals surface area contributed by atoms with Crippen LogP contribution in [-0.4, -0.2) is 11.2 Å². The van der Waals surface area contributed by atoms with Crippen LogP contribution in [-0.2, 0) is 0 Å². The number of thiocarbonyl (C=S) groups is 1. The fourth-order valence-electron chi connectivity index (χ4n) is 1.56. The summed E-state index contributed by atoms with van der Waals surface area (Å²) in [5.41, 5.74) is 0. The van der Waals surface area contributed by atoms with Crippen LogP contribution in [0, 0.1) is 5.92 Å². The molecule has 1 aliphatic rings. The second kappa shape index (κ2) is 3.85. The second-order valence-electron chi connectivity index (χ2n) is 3.05. The third-order valence-electron chi connectivity index (χ3n) is 2.28. The van der Waals surface area contributed by atoms with Gasteiger partial charge in [-0.05, 0) is 31.0 Å². The monoisotopic (exact) mass is 155 g/mol. The molecule has 0 saturated heterocycles. The molecule has 0 aromatic rings. The van der Waals surface area contributed by atoms with Crippen LogP contribution in [0.5, 0.6) is 0 Å². The lowest BCUT2D eigenvalue weighted by Crippen LogP contribution is -2.19. The van der Waals surface area contributed by atoms with Gasteiger partial charge in [0.15, 0.2) is 0 Å². The van der Waals surface area contributed by atoms with E-state index in [2.05, 4.69) is 29.3 Å². The highest BCUT2D eigenvalue weighted by molar-refractivity contribution is 7.78. The lowest BCUT2D eigenvalue weighted by molar-refractivity contribution is 0.334. The quantitative estimate of drug-likeness (QED) is 0.419. The van der Waals surface area contributed by atoms with Crippen molar-refractivity contribution in [2.45, 2.75) is 38.6 Å². The zero-order valence-corrected chi connectivity index (χ0v) is 7.16. The molecule has 2 atom stereocenters. The summed E-state index contributed by atoms with van der Waals surface area (Å²) in [4.78, 5) is 4.13. The van der Waals surface area contributed by atoms with E-state index < -0.39 is 0 Å². The smallest absolute Gasteiger partial charge is 0.0628 e. The van der Waals surface area contributed by atoms with Gasteiger partial charge in [-0.3, -0.25) is 0 Å². The Bertz CT molecular complexity index is 149. The summed E-state index contributed by atoms with van der Waals surface area (Å²) in [5, 5.41) is 2.48. The Labute approximate surface area is 67.5 Å². The van der Waals surface area contributed by atoms with Gasteiger partial charge in [-0.2, -0.15) is 0 Å². The maximum atomic E-state index is 4.57. The van der Waals surface area contributed by atoms with Gasteiger partial charge in [0.25, 0.3) is 0 Å². The van der Waals surface area contributed by atoms with Crippen LogP contribution >= 0.6 is 12.2 Å². The Hall–Kier alpha value is -0.200. The van der Waals surface area contributed by atoms with Crippen molar-refractivity contribution in [2.24, 2.45) is 10.9 Å². The molecule has 56 valence electrons. The van der Waals surface area contributed by atoms with Crippen molar-refractivity contribution in [3.8, 4) is 0 Å². The van der Waals surface area contributed by atoms with Crippen molar-refractivity contribution < 1.29 is 0 Å². The molecule has 0 amide bonds. The third-order valence-corrected chi connectivity index (χ3v) is 2.39. The Morgan fingerprint density at radius 2 is 2.10 bits per heavy atom. The van der Waals surface area contributed by atoms with Gasteiger partial charge in [-0.1, -0.05) is 19.8 Å². The van der Waals surface area contributed by atoms with Crippen LogP contribution in [0.25, 0.3) is 0 Å². The van der Waals surface area contributed by atoms with E-state index in [0.717, 1.165) is 5.92 Å². The molecule has 0 N–H and O–H groups in total. The van der Waals surface area contributed by atoms with Crippen molar-refractivity contribution in [1.29, 1.82) is 0 Å². The van der Waals surface area contributed by atoms with E-state index in [1.807, 2.05) is 0 Å². The van der Waals surface area contributed by atoms with Crippen molar-refractivity contribution in [3.63, 3.8) is 0 Å². The van der Waals surface area contributed by atoms with Gasteiger partial charge < -0.3 is 0 Å². The molecule has 1 aliphatic carbocycles. The van der Waals surface area contributed by atoms with E-state index >= 15 is 0 Å². The summed E-state index contributed by atoms with van der Waals surface area (Å²) in [6.07, 6.45) is 5.20. The Kier molecular flexibility index (Phi) is 3.04. The predicted molar refractivity (Wildman–Crippen MR) is 46.4 cm³/mol. The van der Waals surface area contributed by atoms with Gasteiger partial charge in [0.1, 0.15) is 0 Å². The first-order chi connectivity index (χ1) is 4.84. The van der Waals surface area contributed by atoms with E-state index in [0.29, 0.717) is 6.04 Å². The van der Waals surface area contributed by atoms with Gasteiger partial charge in [-0.25, -0.2) is 4.99 Å². The molecular formula is C8H13NS. The first-order valence-electron chi connectivity index (χ1n) is 3.91. The van der Waals surface area contributed by atoms with Crippen LogP contribution in [0.3, 0.4) is 0 Å². The molecule has 0 bridgehead atoms. The van der Waals surface area contributed by atoms with Crippen LogP contribution in [0.15, 0.2) is 4.99 Å². The van der Waals surface area contributed by atoms with Crippen molar-refractivity contribution in [2.75, 3.05) is 0 Å². The summed E-state index contributed by atoms with van der Waals surface area (Å²) >= 11 is 4.57. The SMILES string of the molecule is C[C@H]1CCCC[C@H]1N=C=S. The fraction of sp³-hybridized carbons (Fsp3) is 0.875. The second-order valence-corrected chi connectivity index (χ2v) is 3.23. The number of hydrogen-bond donors (Lipinski definition) is 0. The molecule has 0 radical (unpaired) electrons. The minimum Gasteiger partial charge on any atom is -0.229 e. The average Bonchev–Trinajstić information content (AvgIpc) is 1.94. The highest BCUT2D eigenvalue weighted by atomic mass is 32.1. The zero-order chi connectivity index (χ0) is 7.40. The lowest BCUT2D eigenvalue weighted by atomic mass is 9.86. The largest absolute Gasteiger partial charge is 0.229 e. The van der Waals surface area contributed by atoms with E-state index in [-0.39, 0.29) is 0 Å². The average molecular weight is 155 g/mol. The molecule has 1 fully saturated rings. The van der Waals surface area contributed by atoms with Crippen LogP contribution in [0.1, 0.15) is 32.6 Å². The van der Waals surface area contributed by atoms with Gasteiger partial charge in [0, 0.05) is 0 Å². The summed E-state index contributed by atoms with van der Waals surface area (Å²) in [7, 11) is 0. The molecule has 0 aromatic carbocycles. The summed E-state index contributed by atoms with van der Waals surface area (Å²) in [6.45, 7) is 2.25. The van der Waals surface area contributed by atoms with Crippen LogP contribution in [0.2, 0.25) is 0 Å². The number of isothiocyanates is 1. The molecule has 1 rings (SSSR count). The van der Waals surface area contributed by atoms with E-state index in [1.165, 1.54) is 25.7 Å². The summed E-state index contributed by atoms with van der Waals surface area (Å²) in [5.74, 6) is 0.726. The molecular weight excluding hydrogens is 142 g/mol. The molecule has 1 nitrogen and oxygen atoms in total. The van der Waals surface area contributed by atoms with E-state index in [4.69, 9.17) is 0 Å². The molecule has 0 unspecified atom stereocenters. The summed E-state index contributed by atoms with van der Waals surface area (Å²) in [6, 6.07) is 0.478. The van der Waals surface area contributed by atoms with Crippen molar-refractivity contribution in [3.05, 3.63) is 0 Å². The van der Waals surface area contributed by atoms with Gasteiger partial charge in [-0.15, -0.1) is 0 Å². The molecule has 2 heteroatoms. The first-order valence-corrected chi connectivity index (χ1v) is 4.32. The van der Waals surface area contributed by atoms with Crippen LogP contribution < -0.4 is 0 Å². The lowest BCUT2D eigenvalue weighted by Gasteiger charge is -2.23. The zero-order valence-electron chi connectivity index (χ0n) is 6.34. The van der Waals surface area contributed by atoms with Crippen molar-refractivity contribution in [1.82, 2.24) is 0 Å². The van der Waals surface area contributed by atoms with Gasteiger partial charge in [0.2, 0.25) is 0 Å². The molecule has 0 aromatic heterocycles. The minimum atomic E-state index is 0.478. The van der Waals surface area contributed by atoms with Crippen molar-refractivity contribution >= 4 is 17.4 Å². The predicted octanol–water partition coefficient (Wildman–Crippen LogP) is 2.67.